The van der Waals surface area contributed by atoms with Gasteiger partial charge in [0.25, 0.3) is 0 Å². The van der Waals surface area contributed by atoms with E-state index in [-0.39, 0.29) is 12.3 Å². The highest BCUT2D eigenvalue weighted by Gasteiger charge is 2.16. The minimum Gasteiger partial charge on any atom is -0.495 e. The van der Waals surface area contributed by atoms with Crippen LogP contribution in [0.5, 0.6) is 5.75 Å². The number of hydrogen-bond acceptors (Lipinski definition) is 4. The van der Waals surface area contributed by atoms with Crippen LogP contribution < -0.4 is 10.1 Å². The molecule has 1 N–H and O–H groups in total. The molecule has 0 saturated carbocycles. The van der Waals surface area contributed by atoms with Crippen molar-refractivity contribution in [2.24, 2.45) is 0 Å². The number of carbonyl (C=O) groups excluding carboxylic acids is 1. The highest BCUT2D eigenvalue weighted by Crippen LogP contribution is 2.31. The van der Waals surface area contributed by atoms with Crippen LogP contribution in [0.1, 0.15) is 17.0 Å². The second-order valence-electron chi connectivity index (χ2n) is 5.91. The summed E-state index contributed by atoms with van der Waals surface area (Å²) in [6.07, 6.45) is 0.104. The summed E-state index contributed by atoms with van der Waals surface area (Å²) in [5.41, 5.74) is 2.90. The lowest BCUT2D eigenvalue weighted by Gasteiger charge is -2.12. The first-order valence-corrected chi connectivity index (χ1v) is 8.51. The van der Waals surface area contributed by atoms with Crippen molar-refractivity contribution >= 4 is 23.2 Å². The zero-order valence-electron chi connectivity index (χ0n) is 14.8. The molecule has 5 nitrogen and oxygen atoms in total. The number of rotatable bonds is 5. The predicted molar refractivity (Wildman–Crippen MR) is 102 cm³/mol. The number of nitrogens with one attached hydrogen (secondary N) is 1. The number of methoxy groups -OCH3 is 1. The van der Waals surface area contributed by atoms with Gasteiger partial charge >= 0.3 is 0 Å². The van der Waals surface area contributed by atoms with Gasteiger partial charge in [0.15, 0.2) is 0 Å². The molecule has 0 aliphatic rings. The number of ether oxygens (including phenoxy) is 1. The van der Waals surface area contributed by atoms with Crippen molar-refractivity contribution in [1.82, 2.24) is 4.98 Å². The van der Waals surface area contributed by atoms with Gasteiger partial charge < -0.3 is 14.5 Å². The molecular formula is C20H19ClN2O3. The molecule has 0 bridgehead atoms. The van der Waals surface area contributed by atoms with Crippen LogP contribution in [0, 0.1) is 13.8 Å². The Morgan fingerprint density at radius 2 is 1.96 bits per heavy atom. The molecule has 0 spiro atoms. The van der Waals surface area contributed by atoms with E-state index in [0.717, 1.165) is 11.1 Å². The number of carbonyl (C=O) groups is 1. The highest BCUT2D eigenvalue weighted by molar-refractivity contribution is 6.31. The Kier molecular flexibility index (Phi) is 5.28. The SMILES string of the molecule is COc1cc(Cl)c(C)cc1NC(=O)Cc1nc(-c2ccccc2)oc1C. The Morgan fingerprint density at radius 3 is 2.65 bits per heavy atom. The van der Waals surface area contributed by atoms with Crippen LogP contribution in [0.3, 0.4) is 0 Å². The van der Waals surface area contributed by atoms with Gasteiger partial charge in [-0.2, -0.15) is 0 Å². The molecule has 3 aromatic rings. The van der Waals surface area contributed by atoms with Gasteiger partial charge in [0.05, 0.1) is 24.9 Å². The lowest BCUT2D eigenvalue weighted by Crippen LogP contribution is -2.16. The number of benzene rings is 2. The molecule has 2 aromatic carbocycles. The number of aromatic nitrogens is 1. The minimum atomic E-state index is -0.207. The molecule has 26 heavy (non-hydrogen) atoms. The standard InChI is InChI=1S/C20H19ClN2O3/c1-12-9-17(18(25-3)10-15(12)21)22-19(24)11-16-13(2)26-20(23-16)14-7-5-4-6-8-14/h4-10H,11H2,1-3H3,(H,22,24). The first-order valence-electron chi connectivity index (χ1n) is 8.13. The van der Waals surface area contributed by atoms with Gasteiger partial charge in [-0.15, -0.1) is 0 Å². The summed E-state index contributed by atoms with van der Waals surface area (Å²) < 4.78 is 11.0. The molecule has 0 unspecified atom stereocenters. The summed E-state index contributed by atoms with van der Waals surface area (Å²) in [6, 6.07) is 13.0. The van der Waals surface area contributed by atoms with Crippen molar-refractivity contribution < 1.29 is 13.9 Å². The summed E-state index contributed by atoms with van der Waals surface area (Å²) in [6.45, 7) is 3.67. The van der Waals surface area contributed by atoms with Crippen LogP contribution >= 0.6 is 11.6 Å². The van der Waals surface area contributed by atoms with E-state index in [0.29, 0.717) is 33.8 Å². The maximum Gasteiger partial charge on any atom is 0.230 e. The highest BCUT2D eigenvalue weighted by atomic mass is 35.5. The molecule has 0 aliphatic heterocycles. The van der Waals surface area contributed by atoms with E-state index in [1.807, 2.05) is 37.3 Å². The first-order chi connectivity index (χ1) is 12.5. The molecule has 1 heterocycles. The van der Waals surface area contributed by atoms with Crippen molar-refractivity contribution in [3.63, 3.8) is 0 Å². The summed E-state index contributed by atoms with van der Waals surface area (Å²) in [5.74, 6) is 1.43. The maximum absolute atomic E-state index is 12.5. The van der Waals surface area contributed by atoms with Crippen molar-refractivity contribution in [3.05, 3.63) is 64.5 Å². The van der Waals surface area contributed by atoms with Crippen LogP contribution in [0.15, 0.2) is 46.9 Å². The van der Waals surface area contributed by atoms with E-state index in [9.17, 15) is 4.79 Å². The molecule has 0 atom stereocenters. The predicted octanol–water partition coefficient (Wildman–Crippen LogP) is 4.80. The number of nitrogens with zero attached hydrogens (tertiary/aromatic N) is 1. The summed E-state index contributed by atoms with van der Waals surface area (Å²) in [4.78, 5) is 16.9. The molecule has 0 saturated heterocycles. The number of halogens is 1. The van der Waals surface area contributed by atoms with Gasteiger partial charge in [-0.25, -0.2) is 4.98 Å². The topological polar surface area (TPSA) is 64.4 Å². The van der Waals surface area contributed by atoms with Crippen LogP contribution in [0.2, 0.25) is 5.02 Å². The fraction of sp³-hybridized carbons (Fsp3) is 0.200. The quantitative estimate of drug-likeness (QED) is 0.700. The lowest BCUT2D eigenvalue weighted by atomic mass is 10.2. The van der Waals surface area contributed by atoms with Gasteiger partial charge in [-0.3, -0.25) is 4.79 Å². The Hall–Kier alpha value is -2.79. The number of anilines is 1. The Bertz CT molecular complexity index is 936. The fourth-order valence-corrected chi connectivity index (χ4v) is 2.73. The number of hydrogen-bond donors (Lipinski definition) is 1. The van der Waals surface area contributed by atoms with Crippen molar-refractivity contribution in [3.8, 4) is 17.2 Å². The zero-order valence-corrected chi connectivity index (χ0v) is 15.6. The first kappa shape index (κ1) is 18.0. The summed E-state index contributed by atoms with van der Waals surface area (Å²) >= 11 is 6.10. The fourth-order valence-electron chi connectivity index (χ4n) is 2.57. The van der Waals surface area contributed by atoms with Crippen molar-refractivity contribution in [1.29, 1.82) is 0 Å². The molecular weight excluding hydrogens is 352 g/mol. The van der Waals surface area contributed by atoms with Gasteiger partial charge in [0.1, 0.15) is 11.5 Å². The molecule has 3 rings (SSSR count). The minimum absolute atomic E-state index is 0.104. The van der Waals surface area contributed by atoms with Gasteiger partial charge in [-0.05, 0) is 37.6 Å². The number of amides is 1. The van der Waals surface area contributed by atoms with E-state index in [1.54, 1.807) is 19.1 Å². The molecule has 6 heteroatoms. The van der Waals surface area contributed by atoms with Gasteiger partial charge in [0.2, 0.25) is 11.8 Å². The zero-order chi connectivity index (χ0) is 18.7. The van der Waals surface area contributed by atoms with Crippen molar-refractivity contribution in [2.75, 3.05) is 12.4 Å². The van der Waals surface area contributed by atoms with Gasteiger partial charge in [-0.1, -0.05) is 29.8 Å². The number of oxazole rings is 1. The number of aryl methyl sites for hydroxylation is 2. The third-order valence-corrected chi connectivity index (χ3v) is 4.40. The monoisotopic (exact) mass is 370 g/mol. The third-order valence-electron chi connectivity index (χ3n) is 4.00. The smallest absolute Gasteiger partial charge is 0.230 e. The maximum atomic E-state index is 12.5. The van der Waals surface area contributed by atoms with E-state index < -0.39 is 0 Å². The second-order valence-corrected chi connectivity index (χ2v) is 6.32. The van der Waals surface area contributed by atoms with Crippen LogP contribution in [-0.4, -0.2) is 18.0 Å². The molecule has 0 fully saturated rings. The molecule has 0 radical (unpaired) electrons. The molecule has 134 valence electrons. The molecule has 1 amide bonds. The summed E-state index contributed by atoms with van der Waals surface area (Å²) in [5, 5.41) is 3.43. The van der Waals surface area contributed by atoms with E-state index in [1.165, 1.54) is 7.11 Å². The van der Waals surface area contributed by atoms with E-state index in [4.69, 9.17) is 20.8 Å². The molecule has 0 aliphatic carbocycles. The Morgan fingerprint density at radius 1 is 1.23 bits per heavy atom. The van der Waals surface area contributed by atoms with E-state index in [2.05, 4.69) is 10.3 Å². The third kappa shape index (κ3) is 3.89. The Labute approximate surface area is 157 Å². The lowest BCUT2D eigenvalue weighted by molar-refractivity contribution is -0.115. The van der Waals surface area contributed by atoms with Crippen LogP contribution in [0.4, 0.5) is 5.69 Å². The Balaban J connectivity index is 1.77. The average Bonchev–Trinajstić information content (AvgIpc) is 2.99. The normalized spacial score (nSPS) is 10.6. The van der Waals surface area contributed by atoms with Crippen LogP contribution in [0.25, 0.3) is 11.5 Å². The van der Waals surface area contributed by atoms with Crippen LogP contribution in [-0.2, 0) is 11.2 Å². The second kappa shape index (κ2) is 7.62. The average molecular weight is 371 g/mol. The molecule has 1 aromatic heterocycles. The summed E-state index contributed by atoms with van der Waals surface area (Å²) in [7, 11) is 1.53. The van der Waals surface area contributed by atoms with E-state index >= 15 is 0 Å². The van der Waals surface area contributed by atoms with Crippen molar-refractivity contribution in [2.45, 2.75) is 20.3 Å². The van der Waals surface area contributed by atoms with Gasteiger partial charge in [0, 0.05) is 16.7 Å². The largest absolute Gasteiger partial charge is 0.495 e.